The molecule has 4 nitrogen and oxygen atoms in total. The summed E-state index contributed by atoms with van der Waals surface area (Å²) in [7, 11) is 0. The number of rotatable bonds is 6. The van der Waals surface area contributed by atoms with Crippen molar-refractivity contribution in [1.29, 1.82) is 0 Å². The molecule has 1 aromatic carbocycles. The predicted molar refractivity (Wildman–Crippen MR) is 75.3 cm³/mol. The van der Waals surface area contributed by atoms with Gasteiger partial charge in [-0.15, -0.1) is 0 Å². The van der Waals surface area contributed by atoms with Gasteiger partial charge in [0.1, 0.15) is 5.82 Å². The molecule has 0 aliphatic carbocycles. The van der Waals surface area contributed by atoms with Crippen LogP contribution in [0.4, 0.5) is 4.39 Å². The second-order valence-corrected chi connectivity index (χ2v) is 4.90. The predicted octanol–water partition coefficient (Wildman–Crippen LogP) is 1.81. The number of aliphatic hydroxyl groups is 1. The molecule has 0 aromatic heterocycles. The van der Waals surface area contributed by atoms with E-state index in [1.807, 2.05) is 0 Å². The topological polar surface area (TPSA) is 70.6 Å². The van der Waals surface area contributed by atoms with Crippen molar-refractivity contribution in [2.45, 2.75) is 26.4 Å². The van der Waals surface area contributed by atoms with Crippen LogP contribution in [0.2, 0.25) is 0 Å². The fraction of sp³-hybridized carbons (Fsp3) is 0.500. The molecule has 0 heterocycles. The zero-order chi connectivity index (χ0) is 14.3. The maximum atomic E-state index is 12.7. The number of hydrogen-bond acceptors (Lipinski definition) is 2. The van der Waals surface area contributed by atoms with Gasteiger partial charge >= 0.3 is 0 Å². The van der Waals surface area contributed by atoms with Crippen LogP contribution in [-0.2, 0) is 0 Å². The summed E-state index contributed by atoms with van der Waals surface area (Å²) in [6, 6.07) is 5.70. The zero-order valence-corrected chi connectivity index (χ0v) is 11.4. The van der Waals surface area contributed by atoms with Crippen LogP contribution in [0.5, 0.6) is 0 Å². The first kappa shape index (κ1) is 15.4. The number of guanidine groups is 1. The third-order valence-corrected chi connectivity index (χ3v) is 2.72. The van der Waals surface area contributed by atoms with Crippen LogP contribution in [0.15, 0.2) is 29.3 Å². The third kappa shape index (κ3) is 6.20. The monoisotopic (exact) mass is 267 g/mol. The minimum absolute atomic E-state index is 0.159. The lowest BCUT2D eigenvalue weighted by Crippen LogP contribution is -2.33. The summed E-state index contributed by atoms with van der Waals surface area (Å²) < 4.78 is 12.7. The molecule has 1 atom stereocenters. The molecule has 0 aliphatic rings. The summed E-state index contributed by atoms with van der Waals surface area (Å²) in [5, 5.41) is 12.8. The molecule has 0 saturated heterocycles. The molecule has 106 valence electrons. The van der Waals surface area contributed by atoms with Crippen LogP contribution in [0, 0.1) is 11.7 Å². The molecule has 0 amide bonds. The third-order valence-electron chi connectivity index (χ3n) is 2.72. The number of hydrogen-bond donors (Lipinski definition) is 3. The summed E-state index contributed by atoms with van der Waals surface area (Å²) in [5.41, 5.74) is 6.30. The van der Waals surface area contributed by atoms with Gasteiger partial charge in [-0.05, 0) is 30.0 Å². The van der Waals surface area contributed by atoms with Gasteiger partial charge in [0.15, 0.2) is 5.96 Å². The van der Waals surface area contributed by atoms with E-state index < -0.39 is 6.10 Å². The van der Waals surface area contributed by atoms with E-state index in [4.69, 9.17) is 5.73 Å². The van der Waals surface area contributed by atoms with Gasteiger partial charge in [0.2, 0.25) is 0 Å². The molecule has 0 fully saturated rings. The van der Waals surface area contributed by atoms with Crippen LogP contribution < -0.4 is 11.1 Å². The molecule has 1 rings (SSSR count). The summed E-state index contributed by atoms with van der Waals surface area (Å²) in [5.74, 6) is 0.598. The highest BCUT2D eigenvalue weighted by Gasteiger charge is 2.06. The van der Waals surface area contributed by atoms with E-state index in [2.05, 4.69) is 24.2 Å². The first-order valence-electron chi connectivity index (χ1n) is 6.46. The van der Waals surface area contributed by atoms with Crippen molar-refractivity contribution in [3.8, 4) is 0 Å². The van der Waals surface area contributed by atoms with Crippen molar-refractivity contribution in [3.05, 3.63) is 35.6 Å². The smallest absolute Gasteiger partial charge is 0.188 e. The van der Waals surface area contributed by atoms with Gasteiger partial charge in [0.25, 0.3) is 0 Å². The minimum Gasteiger partial charge on any atom is -0.386 e. The summed E-state index contributed by atoms with van der Waals surface area (Å²) >= 11 is 0. The van der Waals surface area contributed by atoms with Crippen LogP contribution in [0.25, 0.3) is 0 Å². The standard InChI is InChI=1S/C14H22FN3O/c1-10(2)7-8-17-14(16)18-9-13(19)11-3-5-12(15)6-4-11/h3-6,10,13,19H,7-9H2,1-2H3,(H3,16,17,18). The number of aliphatic hydroxyl groups excluding tert-OH is 1. The van der Waals surface area contributed by atoms with Crippen molar-refractivity contribution in [2.75, 3.05) is 13.1 Å². The molecule has 0 spiro atoms. The van der Waals surface area contributed by atoms with Crippen LogP contribution >= 0.6 is 0 Å². The van der Waals surface area contributed by atoms with Crippen LogP contribution in [0.3, 0.4) is 0 Å². The highest BCUT2D eigenvalue weighted by atomic mass is 19.1. The Hall–Kier alpha value is -1.62. The summed E-state index contributed by atoms with van der Waals surface area (Å²) in [4.78, 5) is 4.06. The maximum absolute atomic E-state index is 12.7. The van der Waals surface area contributed by atoms with Gasteiger partial charge in [-0.3, -0.25) is 4.99 Å². The number of benzene rings is 1. The van der Waals surface area contributed by atoms with Crippen molar-refractivity contribution < 1.29 is 9.50 Å². The Kier molecular flexibility index (Phi) is 6.29. The van der Waals surface area contributed by atoms with Crippen molar-refractivity contribution in [2.24, 2.45) is 16.6 Å². The molecule has 19 heavy (non-hydrogen) atoms. The molecule has 0 saturated carbocycles. The Bertz CT molecular complexity index is 404. The molecule has 1 aromatic rings. The lowest BCUT2D eigenvalue weighted by Gasteiger charge is -2.10. The minimum atomic E-state index is -0.772. The van der Waals surface area contributed by atoms with Gasteiger partial charge in [0, 0.05) is 6.54 Å². The molecular formula is C14H22FN3O. The average molecular weight is 267 g/mol. The lowest BCUT2D eigenvalue weighted by molar-refractivity contribution is 0.187. The van der Waals surface area contributed by atoms with Crippen LogP contribution in [-0.4, -0.2) is 24.2 Å². The SMILES string of the molecule is CC(C)CCNC(N)=NCC(O)c1ccc(F)cc1. The fourth-order valence-electron chi connectivity index (χ4n) is 1.52. The van der Waals surface area contributed by atoms with Gasteiger partial charge in [0.05, 0.1) is 12.6 Å². The lowest BCUT2D eigenvalue weighted by atomic mass is 10.1. The number of nitrogens with one attached hydrogen (secondary N) is 1. The second-order valence-electron chi connectivity index (χ2n) is 4.90. The van der Waals surface area contributed by atoms with E-state index >= 15 is 0 Å². The Labute approximate surface area is 113 Å². The van der Waals surface area contributed by atoms with Crippen LogP contribution in [0.1, 0.15) is 31.9 Å². The molecule has 4 N–H and O–H groups in total. The Balaban J connectivity index is 2.39. The zero-order valence-electron chi connectivity index (χ0n) is 11.4. The molecule has 0 bridgehead atoms. The average Bonchev–Trinajstić information content (AvgIpc) is 2.36. The summed E-state index contributed by atoms with van der Waals surface area (Å²) in [6.07, 6.45) is 0.238. The quantitative estimate of drug-likeness (QED) is 0.544. The molecule has 1 unspecified atom stereocenters. The van der Waals surface area contributed by atoms with E-state index in [1.165, 1.54) is 24.3 Å². The van der Waals surface area contributed by atoms with Gasteiger partial charge < -0.3 is 16.2 Å². The van der Waals surface area contributed by atoms with E-state index in [9.17, 15) is 9.50 Å². The first-order chi connectivity index (χ1) is 8.99. The second kappa shape index (κ2) is 7.74. The number of aliphatic imine (C=N–C) groups is 1. The van der Waals surface area contributed by atoms with Gasteiger partial charge in [-0.2, -0.15) is 0 Å². The van der Waals surface area contributed by atoms with Crippen molar-refractivity contribution >= 4 is 5.96 Å². The number of nitrogens with zero attached hydrogens (tertiary/aromatic N) is 1. The van der Waals surface area contributed by atoms with Crippen molar-refractivity contribution in [3.63, 3.8) is 0 Å². The molecule has 0 radical (unpaired) electrons. The Morgan fingerprint density at radius 3 is 2.58 bits per heavy atom. The van der Waals surface area contributed by atoms with E-state index in [-0.39, 0.29) is 12.4 Å². The molecule has 0 aliphatic heterocycles. The fourth-order valence-corrected chi connectivity index (χ4v) is 1.52. The van der Waals surface area contributed by atoms with E-state index in [1.54, 1.807) is 0 Å². The first-order valence-corrected chi connectivity index (χ1v) is 6.46. The van der Waals surface area contributed by atoms with Gasteiger partial charge in [-0.25, -0.2) is 4.39 Å². The maximum Gasteiger partial charge on any atom is 0.188 e. The van der Waals surface area contributed by atoms with E-state index in [0.29, 0.717) is 17.4 Å². The highest BCUT2D eigenvalue weighted by Crippen LogP contribution is 2.13. The normalized spacial score (nSPS) is 13.6. The molecule has 5 heteroatoms. The number of halogens is 1. The van der Waals surface area contributed by atoms with Crippen molar-refractivity contribution in [1.82, 2.24) is 5.32 Å². The summed E-state index contributed by atoms with van der Waals surface area (Å²) in [6.45, 7) is 5.19. The Morgan fingerprint density at radius 2 is 2.00 bits per heavy atom. The van der Waals surface area contributed by atoms with Gasteiger partial charge in [-0.1, -0.05) is 26.0 Å². The highest BCUT2D eigenvalue weighted by molar-refractivity contribution is 5.77. The largest absolute Gasteiger partial charge is 0.386 e. The number of nitrogens with two attached hydrogens (primary N) is 1. The Morgan fingerprint density at radius 1 is 1.37 bits per heavy atom. The van der Waals surface area contributed by atoms with E-state index in [0.717, 1.165) is 13.0 Å². The molecular weight excluding hydrogens is 245 g/mol.